The first-order chi connectivity index (χ1) is 13.7. The van der Waals surface area contributed by atoms with Gasteiger partial charge in [0, 0.05) is 18.7 Å². The quantitative estimate of drug-likeness (QED) is 0.683. The molecule has 0 bridgehead atoms. The van der Waals surface area contributed by atoms with Gasteiger partial charge in [-0.2, -0.15) is 0 Å². The fourth-order valence-corrected chi connectivity index (χ4v) is 4.21. The molecule has 0 radical (unpaired) electrons. The number of rotatable bonds is 2. The molecule has 3 aromatic carbocycles. The largest absolute Gasteiger partial charge is 0.447 e. The molecule has 1 saturated heterocycles. The van der Waals surface area contributed by atoms with Crippen molar-refractivity contribution >= 4 is 28.5 Å². The maximum absolute atomic E-state index is 13.3. The van der Waals surface area contributed by atoms with Crippen LogP contribution in [0.4, 0.5) is 10.5 Å². The van der Waals surface area contributed by atoms with E-state index in [1.807, 2.05) is 65.6 Å². The highest BCUT2D eigenvalue weighted by Gasteiger charge is 2.30. The third-order valence-corrected chi connectivity index (χ3v) is 5.60. The molecule has 0 aromatic heterocycles. The lowest BCUT2D eigenvalue weighted by atomic mass is 9.96. The van der Waals surface area contributed by atoms with E-state index in [1.54, 1.807) is 4.90 Å². The summed E-state index contributed by atoms with van der Waals surface area (Å²) in [7, 11) is 0. The van der Waals surface area contributed by atoms with Gasteiger partial charge >= 0.3 is 6.09 Å². The number of hydrogen-bond acceptors (Lipinski definition) is 3. The summed E-state index contributed by atoms with van der Waals surface area (Å²) < 4.78 is 5.09. The Morgan fingerprint density at radius 3 is 2.61 bits per heavy atom. The van der Waals surface area contributed by atoms with Crippen LogP contribution in [-0.2, 0) is 17.7 Å². The van der Waals surface area contributed by atoms with Gasteiger partial charge in [0.15, 0.2) is 0 Å². The van der Waals surface area contributed by atoms with Gasteiger partial charge in [0.05, 0.1) is 12.2 Å². The van der Waals surface area contributed by atoms with Crippen molar-refractivity contribution in [3.63, 3.8) is 0 Å². The zero-order chi connectivity index (χ0) is 19.1. The minimum Gasteiger partial charge on any atom is -0.447 e. The van der Waals surface area contributed by atoms with Crippen molar-refractivity contribution in [1.29, 1.82) is 0 Å². The van der Waals surface area contributed by atoms with Gasteiger partial charge in [-0.3, -0.25) is 9.69 Å². The summed E-state index contributed by atoms with van der Waals surface area (Å²) in [6, 6.07) is 19.8. The molecule has 2 amide bonds. The van der Waals surface area contributed by atoms with E-state index in [-0.39, 0.29) is 12.0 Å². The van der Waals surface area contributed by atoms with Gasteiger partial charge in [0.2, 0.25) is 0 Å². The standard InChI is InChI=1S/C23H20N2O3/c26-22(20-9-3-6-16-5-1-2-8-18(16)20)24-12-11-19-17(15-24)7-4-10-21(19)25-13-14-28-23(25)27/h1-10H,11-15H2. The molecule has 0 aliphatic carbocycles. The predicted octanol–water partition coefficient (Wildman–Crippen LogP) is 3.99. The Morgan fingerprint density at radius 1 is 0.929 bits per heavy atom. The van der Waals surface area contributed by atoms with Crippen LogP contribution in [0.3, 0.4) is 0 Å². The van der Waals surface area contributed by atoms with E-state index in [0.717, 1.165) is 39.6 Å². The minimum absolute atomic E-state index is 0.0495. The highest BCUT2D eigenvalue weighted by atomic mass is 16.6. The molecule has 140 valence electrons. The zero-order valence-corrected chi connectivity index (χ0v) is 15.4. The van der Waals surface area contributed by atoms with Crippen molar-refractivity contribution in [2.75, 3.05) is 24.6 Å². The Kier molecular flexibility index (Phi) is 4.01. The molecule has 2 aliphatic heterocycles. The van der Waals surface area contributed by atoms with Crippen LogP contribution in [0.5, 0.6) is 0 Å². The number of nitrogens with zero attached hydrogens (tertiary/aromatic N) is 2. The molecule has 5 heteroatoms. The van der Waals surface area contributed by atoms with Crippen LogP contribution in [0.1, 0.15) is 21.5 Å². The number of carbonyl (C=O) groups is 2. The van der Waals surface area contributed by atoms with Crippen molar-refractivity contribution in [2.45, 2.75) is 13.0 Å². The minimum atomic E-state index is -0.289. The van der Waals surface area contributed by atoms with Gasteiger partial charge in [-0.05, 0) is 40.5 Å². The first-order valence-electron chi connectivity index (χ1n) is 9.54. The van der Waals surface area contributed by atoms with Gasteiger partial charge in [0.1, 0.15) is 6.61 Å². The monoisotopic (exact) mass is 372 g/mol. The second-order valence-corrected chi connectivity index (χ2v) is 7.18. The third-order valence-electron chi connectivity index (χ3n) is 5.60. The van der Waals surface area contributed by atoms with Crippen molar-refractivity contribution in [1.82, 2.24) is 4.90 Å². The van der Waals surface area contributed by atoms with E-state index < -0.39 is 0 Å². The smallest absolute Gasteiger partial charge is 0.414 e. The van der Waals surface area contributed by atoms with E-state index in [0.29, 0.717) is 26.2 Å². The Hall–Kier alpha value is -3.34. The van der Waals surface area contributed by atoms with Crippen molar-refractivity contribution in [3.8, 4) is 0 Å². The van der Waals surface area contributed by atoms with Gasteiger partial charge in [-0.25, -0.2) is 4.79 Å². The van der Waals surface area contributed by atoms with Crippen molar-refractivity contribution in [2.24, 2.45) is 0 Å². The molecule has 0 N–H and O–H groups in total. The average molecular weight is 372 g/mol. The van der Waals surface area contributed by atoms with Gasteiger partial charge < -0.3 is 9.64 Å². The van der Waals surface area contributed by atoms with Crippen LogP contribution < -0.4 is 4.90 Å². The zero-order valence-electron chi connectivity index (χ0n) is 15.4. The highest BCUT2D eigenvalue weighted by molar-refractivity contribution is 6.07. The Bertz CT molecular complexity index is 1090. The second-order valence-electron chi connectivity index (χ2n) is 7.18. The number of ether oxygens (including phenoxy) is 1. The van der Waals surface area contributed by atoms with Crippen LogP contribution in [-0.4, -0.2) is 36.6 Å². The van der Waals surface area contributed by atoms with E-state index in [2.05, 4.69) is 0 Å². The van der Waals surface area contributed by atoms with E-state index in [4.69, 9.17) is 4.74 Å². The summed E-state index contributed by atoms with van der Waals surface area (Å²) in [5.41, 5.74) is 3.89. The molecule has 2 heterocycles. The lowest BCUT2D eigenvalue weighted by Gasteiger charge is -2.31. The molecule has 5 nitrogen and oxygen atoms in total. The van der Waals surface area contributed by atoms with Crippen LogP contribution in [0.15, 0.2) is 60.7 Å². The molecule has 0 spiro atoms. The van der Waals surface area contributed by atoms with Crippen LogP contribution >= 0.6 is 0 Å². The molecule has 0 atom stereocenters. The summed E-state index contributed by atoms with van der Waals surface area (Å²) in [6.07, 6.45) is 0.439. The van der Waals surface area contributed by atoms with Crippen molar-refractivity contribution < 1.29 is 14.3 Å². The number of anilines is 1. The molecular weight excluding hydrogens is 352 g/mol. The number of cyclic esters (lactones) is 1. The number of benzene rings is 3. The van der Waals surface area contributed by atoms with E-state index in [9.17, 15) is 9.59 Å². The summed E-state index contributed by atoms with van der Waals surface area (Å²) >= 11 is 0. The number of fused-ring (bicyclic) bond motifs is 2. The van der Waals surface area contributed by atoms with Gasteiger partial charge in [0.25, 0.3) is 5.91 Å². The molecule has 2 aliphatic rings. The molecule has 1 fully saturated rings. The Labute approximate surface area is 163 Å². The fraction of sp³-hybridized carbons (Fsp3) is 0.217. The summed E-state index contributed by atoms with van der Waals surface area (Å²) in [6.45, 7) is 2.19. The number of hydrogen-bond donors (Lipinski definition) is 0. The third kappa shape index (κ3) is 2.71. The Balaban J connectivity index is 1.46. The van der Waals surface area contributed by atoms with Crippen LogP contribution in [0, 0.1) is 0 Å². The topological polar surface area (TPSA) is 49.9 Å². The van der Waals surface area contributed by atoms with E-state index in [1.165, 1.54) is 0 Å². The SMILES string of the molecule is O=C(c1cccc2ccccc12)N1CCc2c(cccc2N2CCOC2=O)C1. The van der Waals surface area contributed by atoms with Gasteiger partial charge in [-0.15, -0.1) is 0 Å². The molecular formula is C23H20N2O3. The maximum Gasteiger partial charge on any atom is 0.414 e. The molecule has 28 heavy (non-hydrogen) atoms. The number of amides is 2. The van der Waals surface area contributed by atoms with Crippen LogP contribution in [0.25, 0.3) is 10.8 Å². The van der Waals surface area contributed by atoms with Crippen LogP contribution in [0.2, 0.25) is 0 Å². The molecule has 0 saturated carbocycles. The predicted molar refractivity (Wildman–Crippen MR) is 108 cm³/mol. The normalized spacial score (nSPS) is 16.2. The number of carbonyl (C=O) groups excluding carboxylic acids is 2. The lowest BCUT2D eigenvalue weighted by molar-refractivity contribution is 0.0736. The molecule has 3 aromatic rings. The Morgan fingerprint density at radius 2 is 1.75 bits per heavy atom. The second kappa shape index (κ2) is 6.68. The first-order valence-corrected chi connectivity index (χ1v) is 9.54. The summed E-state index contributed by atoms with van der Waals surface area (Å²) in [5.74, 6) is 0.0495. The lowest BCUT2D eigenvalue weighted by Crippen LogP contribution is -2.37. The molecule has 0 unspecified atom stereocenters. The van der Waals surface area contributed by atoms with Gasteiger partial charge in [-0.1, -0.05) is 48.5 Å². The van der Waals surface area contributed by atoms with Crippen molar-refractivity contribution in [3.05, 3.63) is 77.4 Å². The molecule has 5 rings (SSSR count). The maximum atomic E-state index is 13.3. The average Bonchev–Trinajstić information content (AvgIpc) is 3.17. The summed E-state index contributed by atoms with van der Waals surface area (Å²) in [5, 5.41) is 2.05. The van der Waals surface area contributed by atoms with E-state index >= 15 is 0 Å². The highest BCUT2D eigenvalue weighted by Crippen LogP contribution is 2.31. The first kappa shape index (κ1) is 16.8. The fourth-order valence-electron chi connectivity index (χ4n) is 4.21. The summed E-state index contributed by atoms with van der Waals surface area (Å²) in [4.78, 5) is 28.8.